The number of nitrogen functional groups attached to an aromatic ring is 1. The number of hydrogen-bond acceptors (Lipinski definition) is 3. The summed E-state index contributed by atoms with van der Waals surface area (Å²) in [5, 5.41) is 2.96. The van der Waals surface area contributed by atoms with Gasteiger partial charge in [0.2, 0.25) is 5.91 Å². The topological polar surface area (TPSA) is 77.1 Å². The zero-order valence-corrected chi connectivity index (χ0v) is 11.5. The van der Waals surface area contributed by atoms with Crippen LogP contribution in [0.1, 0.15) is 17.9 Å². The van der Waals surface area contributed by atoms with Gasteiger partial charge in [0.05, 0.1) is 0 Å². The second-order valence-corrected chi connectivity index (χ2v) is 5.36. The highest BCUT2D eigenvalue weighted by Gasteiger charge is 2.39. The highest BCUT2D eigenvalue weighted by atomic mass is 16.2. The van der Waals surface area contributed by atoms with Gasteiger partial charge in [0.1, 0.15) is 6.54 Å². The maximum Gasteiger partial charge on any atom is 0.251 e. The van der Waals surface area contributed by atoms with Crippen LogP contribution in [0, 0.1) is 0 Å². The Morgan fingerprint density at radius 2 is 2.00 bits per heavy atom. The van der Waals surface area contributed by atoms with Crippen LogP contribution < -0.4 is 16.6 Å². The molecule has 5 nitrogen and oxygen atoms in total. The van der Waals surface area contributed by atoms with Gasteiger partial charge in [0.25, 0.3) is 5.56 Å². The third kappa shape index (κ3) is 3.13. The molecular formula is C16H17N3O2. The van der Waals surface area contributed by atoms with E-state index in [1.165, 1.54) is 28.5 Å². The number of amides is 1. The van der Waals surface area contributed by atoms with Crippen LogP contribution in [0.5, 0.6) is 0 Å². The van der Waals surface area contributed by atoms with Crippen molar-refractivity contribution in [3.63, 3.8) is 0 Å². The molecule has 3 rings (SSSR count). The lowest BCUT2D eigenvalue weighted by Gasteiger charge is -2.08. The molecule has 5 heteroatoms. The molecule has 1 aromatic heterocycles. The van der Waals surface area contributed by atoms with Gasteiger partial charge in [0, 0.05) is 29.9 Å². The van der Waals surface area contributed by atoms with Crippen molar-refractivity contribution in [3.05, 3.63) is 64.6 Å². The first-order valence-electron chi connectivity index (χ1n) is 6.94. The molecule has 2 atom stereocenters. The minimum atomic E-state index is -0.227. The number of carbonyl (C=O) groups excluding carboxylic acids is 1. The Morgan fingerprint density at radius 3 is 2.76 bits per heavy atom. The SMILES string of the molecule is Nc1ccc(=O)n(CC(=O)NC2CC2c2ccccc2)c1. The largest absolute Gasteiger partial charge is 0.398 e. The molecule has 21 heavy (non-hydrogen) atoms. The van der Waals surface area contributed by atoms with Crippen molar-refractivity contribution in [3.8, 4) is 0 Å². The van der Waals surface area contributed by atoms with Gasteiger partial charge in [-0.2, -0.15) is 0 Å². The molecule has 2 aromatic rings. The number of carbonyl (C=O) groups is 1. The fourth-order valence-corrected chi connectivity index (χ4v) is 2.50. The van der Waals surface area contributed by atoms with E-state index in [0.717, 1.165) is 6.42 Å². The number of nitrogens with two attached hydrogens (primary N) is 1. The first-order chi connectivity index (χ1) is 10.1. The Morgan fingerprint density at radius 1 is 1.24 bits per heavy atom. The molecule has 0 aliphatic heterocycles. The molecule has 1 aliphatic rings. The third-order valence-electron chi connectivity index (χ3n) is 3.68. The van der Waals surface area contributed by atoms with E-state index < -0.39 is 0 Å². The van der Waals surface area contributed by atoms with E-state index in [2.05, 4.69) is 17.4 Å². The van der Waals surface area contributed by atoms with Gasteiger partial charge in [-0.25, -0.2) is 0 Å². The second-order valence-electron chi connectivity index (χ2n) is 5.36. The van der Waals surface area contributed by atoms with Crippen LogP contribution in [0.4, 0.5) is 5.69 Å². The highest BCUT2D eigenvalue weighted by Crippen LogP contribution is 2.40. The Labute approximate surface area is 122 Å². The molecule has 0 saturated heterocycles. The highest BCUT2D eigenvalue weighted by molar-refractivity contribution is 5.76. The number of hydrogen-bond donors (Lipinski definition) is 2. The van der Waals surface area contributed by atoms with E-state index in [1.54, 1.807) is 0 Å². The molecule has 0 spiro atoms. The summed E-state index contributed by atoms with van der Waals surface area (Å²) in [6.07, 6.45) is 2.44. The van der Waals surface area contributed by atoms with Gasteiger partial charge in [-0.05, 0) is 18.1 Å². The summed E-state index contributed by atoms with van der Waals surface area (Å²) in [5.41, 5.74) is 7.10. The smallest absolute Gasteiger partial charge is 0.251 e. The van der Waals surface area contributed by atoms with Crippen molar-refractivity contribution in [2.24, 2.45) is 0 Å². The van der Waals surface area contributed by atoms with Crippen LogP contribution in [0.25, 0.3) is 0 Å². The van der Waals surface area contributed by atoms with Gasteiger partial charge < -0.3 is 15.6 Å². The van der Waals surface area contributed by atoms with Crippen molar-refractivity contribution < 1.29 is 4.79 Å². The third-order valence-corrected chi connectivity index (χ3v) is 3.68. The lowest BCUT2D eigenvalue weighted by Crippen LogP contribution is -2.33. The maximum atomic E-state index is 12.0. The van der Waals surface area contributed by atoms with Crippen molar-refractivity contribution in [2.45, 2.75) is 24.9 Å². The summed E-state index contributed by atoms with van der Waals surface area (Å²) in [6, 6.07) is 13.2. The summed E-state index contributed by atoms with van der Waals surface area (Å²) in [7, 11) is 0. The van der Waals surface area contributed by atoms with Gasteiger partial charge >= 0.3 is 0 Å². The van der Waals surface area contributed by atoms with Crippen molar-refractivity contribution in [1.29, 1.82) is 0 Å². The van der Waals surface area contributed by atoms with Crippen LogP contribution in [-0.4, -0.2) is 16.5 Å². The number of pyridine rings is 1. The van der Waals surface area contributed by atoms with Gasteiger partial charge in [-0.15, -0.1) is 0 Å². The summed E-state index contributed by atoms with van der Waals surface area (Å²) in [4.78, 5) is 23.6. The van der Waals surface area contributed by atoms with E-state index in [9.17, 15) is 9.59 Å². The van der Waals surface area contributed by atoms with Crippen LogP contribution in [0.3, 0.4) is 0 Å². The molecular weight excluding hydrogens is 266 g/mol. The standard InChI is InChI=1S/C16H17N3O2/c17-12-6-7-16(21)19(9-12)10-15(20)18-14-8-13(14)11-4-2-1-3-5-11/h1-7,9,13-14H,8,10,17H2,(H,18,20). The Bertz CT molecular complexity index is 709. The number of nitrogens with one attached hydrogen (secondary N) is 1. The molecule has 108 valence electrons. The molecule has 1 heterocycles. The zero-order valence-electron chi connectivity index (χ0n) is 11.5. The van der Waals surface area contributed by atoms with E-state index in [1.807, 2.05) is 18.2 Å². The summed E-state index contributed by atoms with van der Waals surface area (Å²) >= 11 is 0. The van der Waals surface area contributed by atoms with Crippen LogP contribution >= 0.6 is 0 Å². The van der Waals surface area contributed by atoms with Crippen molar-refractivity contribution >= 4 is 11.6 Å². The quantitative estimate of drug-likeness (QED) is 0.882. The Kier molecular flexibility index (Phi) is 3.48. The number of aromatic nitrogens is 1. The lowest BCUT2D eigenvalue weighted by atomic mass is 10.1. The predicted molar refractivity (Wildman–Crippen MR) is 80.8 cm³/mol. The average Bonchev–Trinajstić information content (AvgIpc) is 3.23. The van der Waals surface area contributed by atoms with Crippen LogP contribution in [0.2, 0.25) is 0 Å². The van der Waals surface area contributed by atoms with Gasteiger partial charge in [-0.1, -0.05) is 30.3 Å². The normalized spacial score (nSPS) is 20.0. The van der Waals surface area contributed by atoms with E-state index >= 15 is 0 Å². The van der Waals surface area contributed by atoms with Gasteiger partial charge in [-0.3, -0.25) is 9.59 Å². The summed E-state index contributed by atoms with van der Waals surface area (Å²) in [6.45, 7) is 0.00187. The summed E-state index contributed by atoms with van der Waals surface area (Å²) in [5.74, 6) is 0.221. The first-order valence-corrected chi connectivity index (χ1v) is 6.94. The minimum absolute atomic E-state index is 0.00187. The fourth-order valence-electron chi connectivity index (χ4n) is 2.50. The lowest BCUT2D eigenvalue weighted by molar-refractivity contribution is -0.121. The average molecular weight is 283 g/mol. The molecule has 0 radical (unpaired) electrons. The Hall–Kier alpha value is -2.56. The number of anilines is 1. The van der Waals surface area contributed by atoms with Crippen LogP contribution in [-0.2, 0) is 11.3 Å². The molecule has 1 aromatic carbocycles. The Balaban J connectivity index is 1.59. The van der Waals surface area contributed by atoms with Crippen molar-refractivity contribution in [1.82, 2.24) is 9.88 Å². The number of benzene rings is 1. The second kappa shape index (κ2) is 5.44. The monoisotopic (exact) mass is 283 g/mol. The minimum Gasteiger partial charge on any atom is -0.398 e. The first kappa shape index (κ1) is 13.4. The molecule has 2 unspecified atom stereocenters. The van der Waals surface area contributed by atoms with E-state index in [0.29, 0.717) is 11.6 Å². The predicted octanol–water partition coefficient (Wildman–Crippen LogP) is 1.10. The van der Waals surface area contributed by atoms with E-state index in [-0.39, 0.29) is 24.1 Å². The zero-order chi connectivity index (χ0) is 14.8. The number of rotatable bonds is 4. The molecule has 1 aliphatic carbocycles. The molecule has 1 amide bonds. The van der Waals surface area contributed by atoms with Crippen molar-refractivity contribution in [2.75, 3.05) is 5.73 Å². The van der Waals surface area contributed by atoms with E-state index in [4.69, 9.17) is 5.73 Å². The molecule has 3 N–H and O–H groups in total. The fraction of sp³-hybridized carbons (Fsp3) is 0.250. The van der Waals surface area contributed by atoms with Crippen LogP contribution in [0.15, 0.2) is 53.5 Å². The molecule has 1 fully saturated rings. The molecule has 0 bridgehead atoms. The maximum absolute atomic E-state index is 12.0. The number of nitrogens with zero attached hydrogens (tertiary/aromatic N) is 1. The van der Waals surface area contributed by atoms with Gasteiger partial charge in [0.15, 0.2) is 0 Å². The molecule has 1 saturated carbocycles. The summed E-state index contributed by atoms with van der Waals surface area (Å²) < 4.78 is 1.32.